The van der Waals surface area contributed by atoms with Crippen LogP contribution in [0.25, 0.3) is 0 Å². The number of hydrogen-bond acceptors (Lipinski definition) is 6. The highest BCUT2D eigenvalue weighted by Gasteiger charge is 2.18. The molecule has 0 radical (unpaired) electrons. The van der Waals surface area contributed by atoms with Gasteiger partial charge in [0.05, 0.1) is 18.6 Å². The number of amides is 2. The Bertz CT molecular complexity index is 727. The summed E-state index contributed by atoms with van der Waals surface area (Å²) in [6.07, 6.45) is 1.84. The molecule has 2 rings (SSSR count). The smallest absolute Gasteiger partial charge is 0.225 e. The molecule has 25 heavy (non-hydrogen) atoms. The van der Waals surface area contributed by atoms with E-state index in [-0.39, 0.29) is 18.1 Å². The average Bonchev–Trinajstić information content (AvgIpc) is 2.59. The quantitative estimate of drug-likeness (QED) is 0.697. The monoisotopic (exact) mass is 369 g/mol. The number of nitrogens with one attached hydrogen (secondary N) is 1. The van der Waals surface area contributed by atoms with Crippen LogP contribution in [0.5, 0.6) is 5.75 Å². The highest BCUT2D eigenvalue weighted by atomic mass is 32.2. The lowest BCUT2D eigenvalue weighted by Crippen LogP contribution is -2.45. The molecule has 1 fully saturated rings. The van der Waals surface area contributed by atoms with Crippen molar-refractivity contribution in [3.8, 4) is 5.75 Å². The number of carbonyl (C=O) groups is 2. The maximum absolute atomic E-state index is 12.0. The van der Waals surface area contributed by atoms with Gasteiger partial charge in [-0.05, 0) is 18.2 Å². The first-order valence-electron chi connectivity index (χ1n) is 7.92. The lowest BCUT2D eigenvalue weighted by Gasteiger charge is -2.34. The van der Waals surface area contributed by atoms with Gasteiger partial charge in [-0.25, -0.2) is 8.42 Å². The predicted octanol–water partition coefficient (Wildman–Crippen LogP) is 0.347. The van der Waals surface area contributed by atoms with Crippen LogP contribution in [0.15, 0.2) is 18.2 Å². The summed E-state index contributed by atoms with van der Waals surface area (Å²) in [5, 5.41) is 2.71. The molecule has 1 aromatic carbocycles. The normalized spacial score (nSPS) is 15.0. The Hall–Kier alpha value is -2.29. The van der Waals surface area contributed by atoms with E-state index in [0.717, 1.165) is 18.4 Å². The molecule has 9 heteroatoms. The molecule has 1 aliphatic heterocycles. The molecule has 1 heterocycles. The second kappa shape index (κ2) is 8.19. The second-order valence-electron chi connectivity index (χ2n) is 5.94. The molecule has 1 aromatic rings. The summed E-state index contributed by atoms with van der Waals surface area (Å²) >= 11 is 0. The van der Waals surface area contributed by atoms with Gasteiger partial charge in [-0.3, -0.25) is 9.59 Å². The highest BCUT2D eigenvalue weighted by Crippen LogP contribution is 2.30. The molecule has 0 aromatic heterocycles. The zero-order valence-electron chi connectivity index (χ0n) is 14.4. The Morgan fingerprint density at radius 2 is 1.96 bits per heavy atom. The minimum Gasteiger partial charge on any atom is -0.495 e. The maximum Gasteiger partial charge on any atom is 0.225 e. The van der Waals surface area contributed by atoms with Crippen LogP contribution in [-0.4, -0.2) is 70.9 Å². The van der Waals surface area contributed by atoms with Gasteiger partial charge in [0.2, 0.25) is 12.3 Å². The van der Waals surface area contributed by atoms with Crippen molar-refractivity contribution in [2.45, 2.75) is 6.42 Å². The minimum absolute atomic E-state index is 0.107. The van der Waals surface area contributed by atoms with Crippen molar-refractivity contribution in [1.29, 1.82) is 0 Å². The Labute approximate surface area is 147 Å². The largest absolute Gasteiger partial charge is 0.495 e. The summed E-state index contributed by atoms with van der Waals surface area (Å²) in [6, 6.07) is 5.45. The third-order valence-electron chi connectivity index (χ3n) is 3.99. The summed E-state index contributed by atoms with van der Waals surface area (Å²) in [5.74, 6) is -0.0799. The number of hydrogen-bond donors (Lipinski definition) is 1. The Morgan fingerprint density at radius 3 is 2.52 bits per heavy atom. The van der Waals surface area contributed by atoms with E-state index in [0.29, 0.717) is 37.6 Å². The first-order valence-corrected chi connectivity index (χ1v) is 9.98. The summed E-state index contributed by atoms with van der Waals surface area (Å²) in [6.45, 7) is 2.69. The first-order chi connectivity index (χ1) is 11.8. The molecule has 138 valence electrons. The van der Waals surface area contributed by atoms with Gasteiger partial charge in [0.15, 0.2) is 0 Å². The second-order valence-corrected chi connectivity index (χ2v) is 8.20. The topological polar surface area (TPSA) is 96.0 Å². The molecule has 1 aliphatic rings. The number of carbonyl (C=O) groups excluding carboxylic acids is 2. The van der Waals surface area contributed by atoms with Crippen molar-refractivity contribution < 1.29 is 22.7 Å². The van der Waals surface area contributed by atoms with Gasteiger partial charge >= 0.3 is 0 Å². The number of benzene rings is 1. The molecular formula is C16H23N3O5S. The lowest BCUT2D eigenvalue weighted by molar-refractivity contribution is -0.118. The van der Waals surface area contributed by atoms with Gasteiger partial charge in [-0.2, -0.15) is 0 Å². The number of rotatable bonds is 7. The molecule has 0 saturated carbocycles. The van der Waals surface area contributed by atoms with Crippen molar-refractivity contribution in [3.63, 3.8) is 0 Å². The SMILES string of the molecule is COc1ccc(N2CCN(C=O)CC2)cc1NC(=O)CCS(C)(=O)=O. The van der Waals surface area contributed by atoms with E-state index in [1.807, 2.05) is 6.07 Å². The van der Waals surface area contributed by atoms with Gasteiger partial charge < -0.3 is 19.9 Å². The predicted molar refractivity (Wildman–Crippen MR) is 95.8 cm³/mol. The van der Waals surface area contributed by atoms with Crippen molar-refractivity contribution in [1.82, 2.24) is 4.90 Å². The average molecular weight is 369 g/mol. The molecule has 0 atom stereocenters. The van der Waals surface area contributed by atoms with Gasteiger partial charge in [-0.1, -0.05) is 0 Å². The van der Waals surface area contributed by atoms with Crippen molar-refractivity contribution in [2.75, 3.05) is 55.5 Å². The van der Waals surface area contributed by atoms with Crippen LogP contribution in [0.2, 0.25) is 0 Å². The Balaban J connectivity index is 2.09. The van der Waals surface area contributed by atoms with E-state index in [1.54, 1.807) is 17.0 Å². The summed E-state index contributed by atoms with van der Waals surface area (Å²) < 4.78 is 27.6. The first kappa shape index (κ1) is 19.0. The summed E-state index contributed by atoms with van der Waals surface area (Å²) in [7, 11) is -1.69. The molecule has 0 bridgehead atoms. The van der Waals surface area contributed by atoms with Crippen molar-refractivity contribution in [2.24, 2.45) is 0 Å². The molecule has 0 aliphatic carbocycles. The third kappa shape index (κ3) is 5.63. The summed E-state index contributed by atoms with van der Waals surface area (Å²) in [4.78, 5) is 26.6. The highest BCUT2D eigenvalue weighted by molar-refractivity contribution is 7.90. The van der Waals surface area contributed by atoms with Crippen LogP contribution in [0.4, 0.5) is 11.4 Å². The third-order valence-corrected chi connectivity index (χ3v) is 4.93. The zero-order valence-corrected chi connectivity index (χ0v) is 15.2. The minimum atomic E-state index is -3.19. The van der Waals surface area contributed by atoms with Crippen molar-refractivity contribution >= 4 is 33.5 Å². The van der Waals surface area contributed by atoms with Crippen molar-refractivity contribution in [3.05, 3.63) is 18.2 Å². The standard InChI is InChI=1S/C16H23N3O5S/c1-24-15-4-3-13(19-8-6-18(12-20)7-9-19)11-14(15)17-16(21)5-10-25(2,22)23/h3-4,11-12H,5-10H2,1-2H3,(H,17,21). The fourth-order valence-corrected chi connectivity index (χ4v) is 3.12. The van der Waals surface area contributed by atoms with Crippen LogP contribution < -0.4 is 15.0 Å². The number of piperazine rings is 1. The van der Waals surface area contributed by atoms with E-state index in [1.165, 1.54) is 7.11 Å². The molecule has 2 amide bonds. The van der Waals surface area contributed by atoms with E-state index in [2.05, 4.69) is 10.2 Å². The molecular weight excluding hydrogens is 346 g/mol. The Kier molecular flexibility index (Phi) is 6.24. The number of sulfone groups is 1. The van der Waals surface area contributed by atoms with E-state index in [4.69, 9.17) is 4.74 Å². The van der Waals surface area contributed by atoms with Gasteiger partial charge in [0.1, 0.15) is 15.6 Å². The molecule has 0 unspecified atom stereocenters. The van der Waals surface area contributed by atoms with E-state index < -0.39 is 9.84 Å². The number of methoxy groups -OCH3 is 1. The zero-order chi connectivity index (χ0) is 18.4. The number of nitrogens with zero attached hydrogens (tertiary/aromatic N) is 2. The maximum atomic E-state index is 12.0. The Morgan fingerprint density at radius 1 is 1.28 bits per heavy atom. The number of anilines is 2. The van der Waals surface area contributed by atoms with Crippen LogP contribution in [0.3, 0.4) is 0 Å². The molecule has 1 saturated heterocycles. The van der Waals surface area contributed by atoms with Gasteiger partial charge in [0.25, 0.3) is 0 Å². The van der Waals surface area contributed by atoms with Crippen LogP contribution in [-0.2, 0) is 19.4 Å². The van der Waals surface area contributed by atoms with Crippen LogP contribution in [0.1, 0.15) is 6.42 Å². The van der Waals surface area contributed by atoms with Gasteiger partial charge in [-0.15, -0.1) is 0 Å². The fourth-order valence-electron chi connectivity index (χ4n) is 2.57. The molecule has 8 nitrogen and oxygen atoms in total. The van der Waals surface area contributed by atoms with E-state index in [9.17, 15) is 18.0 Å². The molecule has 0 spiro atoms. The summed E-state index contributed by atoms with van der Waals surface area (Å²) in [5.41, 5.74) is 1.40. The number of ether oxygens (including phenoxy) is 1. The van der Waals surface area contributed by atoms with Crippen LogP contribution >= 0.6 is 0 Å². The molecule has 1 N–H and O–H groups in total. The van der Waals surface area contributed by atoms with E-state index >= 15 is 0 Å². The lowest BCUT2D eigenvalue weighted by atomic mass is 10.2. The van der Waals surface area contributed by atoms with Gasteiger partial charge in [0, 0.05) is 44.5 Å². The van der Waals surface area contributed by atoms with Crippen LogP contribution in [0, 0.1) is 0 Å². The fraction of sp³-hybridized carbons (Fsp3) is 0.500.